The van der Waals surface area contributed by atoms with E-state index in [1.807, 2.05) is 30.3 Å². The van der Waals surface area contributed by atoms with Crippen molar-refractivity contribution in [1.29, 1.82) is 5.41 Å². The smallest absolute Gasteiger partial charge is 0.176 e. The Hall–Kier alpha value is -2.82. The Morgan fingerprint density at radius 2 is 1.79 bits per heavy atom. The molecule has 0 aromatic heterocycles. The van der Waals surface area contributed by atoms with Crippen molar-refractivity contribution in [1.82, 2.24) is 0 Å². The van der Waals surface area contributed by atoms with Gasteiger partial charge in [0.25, 0.3) is 0 Å². The quantitative estimate of drug-likeness (QED) is 0.219. The van der Waals surface area contributed by atoms with Gasteiger partial charge in [-0.3, -0.25) is 10.2 Å². The van der Waals surface area contributed by atoms with Gasteiger partial charge in [-0.25, -0.2) is 0 Å². The minimum Gasteiger partial charge on any atom is -0.305 e. The molecule has 19 heavy (non-hydrogen) atoms. The summed E-state index contributed by atoms with van der Waals surface area (Å²) in [5.74, 6) is 4.97. The highest BCUT2D eigenvalue weighted by Gasteiger charge is 2.08. The fraction of sp³-hybridized carbons (Fsp3) is 0. The zero-order chi connectivity index (χ0) is 13.7. The fourth-order valence-corrected chi connectivity index (χ4v) is 1.79. The normalized spacial score (nSPS) is 10.5. The van der Waals surface area contributed by atoms with Crippen LogP contribution in [-0.2, 0) is 0 Å². The highest BCUT2D eigenvalue weighted by molar-refractivity contribution is 6.02. The number of nitrogens with two attached hydrogens (primary N) is 1. The van der Waals surface area contributed by atoms with Gasteiger partial charge in [-0.05, 0) is 11.1 Å². The van der Waals surface area contributed by atoms with E-state index in [2.05, 4.69) is 10.3 Å². The second kappa shape index (κ2) is 5.68. The lowest BCUT2D eigenvalue weighted by atomic mass is 9.98. The number of hydrogen-bond acceptors (Lipinski definition) is 3. The topological polar surface area (TPSA) is 91.7 Å². The van der Waals surface area contributed by atoms with Crippen LogP contribution in [-0.4, -0.2) is 12.1 Å². The summed E-state index contributed by atoms with van der Waals surface area (Å²) in [4.78, 5) is 10.6. The summed E-state index contributed by atoms with van der Waals surface area (Å²) in [7, 11) is 0. The predicted octanol–water partition coefficient (Wildman–Crippen LogP) is 2.82. The number of hydrogen-bond donors (Lipinski definition) is 2. The van der Waals surface area contributed by atoms with Crippen molar-refractivity contribution in [3.8, 4) is 11.1 Å². The summed E-state index contributed by atoms with van der Waals surface area (Å²) in [6.07, 6.45) is 0.792. The monoisotopic (exact) mass is 252 g/mol. The number of benzene rings is 2. The van der Waals surface area contributed by atoms with Crippen LogP contribution in [0.15, 0.2) is 58.9 Å². The lowest BCUT2D eigenvalue weighted by molar-refractivity contribution is 0.112. The molecule has 94 valence electrons. The minimum atomic E-state index is -0.00226. The number of carbonyl (C=O) groups is 1. The molecule has 0 bridgehead atoms. The SMILES string of the molecule is N=C(N=NN)c1ccccc1-c1ccc(C=O)cc1. The van der Waals surface area contributed by atoms with Crippen LogP contribution in [0, 0.1) is 5.41 Å². The van der Waals surface area contributed by atoms with Gasteiger partial charge in [0, 0.05) is 11.1 Å². The molecule has 3 N–H and O–H groups in total. The molecular weight excluding hydrogens is 240 g/mol. The zero-order valence-corrected chi connectivity index (χ0v) is 10.1. The molecule has 0 saturated heterocycles. The van der Waals surface area contributed by atoms with E-state index in [1.54, 1.807) is 18.2 Å². The standard InChI is InChI=1S/C14H12N4O/c15-14(17-18-16)13-4-2-1-3-12(13)11-7-5-10(9-19)6-8-11/h1-9H,(H3,15,16,17). The number of nitrogens with one attached hydrogen (secondary N) is 1. The first-order chi connectivity index (χ1) is 9.26. The molecule has 0 amide bonds. The number of amidine groups is 1. The molecule has 0 aliphatic rings. The Kier molecular flexibility index (Phi) is 3.78. The van der Waals surface area contributed by atoms with E-state index in [4.69, 9.17) is 11.3 Å². The van der Waals surface area contributed by atoms with E-state index >= 15 is 0 Å². The maximum absolute atomic E-state index is 10.6. The molecule has 0 unspecified atom stereocenters. The molecule has 2 aromatic rings. The van der Waals surface area contributed by atoms with Crippen molar-refractivity contribution in [3.05, 3.63) is 59.7 Å². The largest absolute Gasteiger partial charge is 0.305 e. The summed E-state index contributed by atoms with van der Waals surface area (Å²) in [6.45, 7) is 0. The molecular formula is C14H12N4O. The third kappa shape index (κ3) is 2.71. The summed E-state index contributed by atoms with van der Waals surface area (Å²) >= 11 is 0. The van der Waals surface area contributed by atoms with Gasteiger partial charge in [0.15, 0.2) is 5.84 Å². The molecule has 0 aliphatic carbocycles. The molecule has 2 aromatic carbocycles. The Labute approximate surface area is 110 Å². The van der Waals surface area contributed by atoms with Crippen LogP contribution < -0.4 is 5.84 Å². The first kappa shape index (κ1) is 12.6. The molecule has 0 radical (unpaired) electrons. The van der Waals surface area contributed by atoms with Crippen molar-refractivity contribution < 1.29 is 4.79 Å². The van der Waals surface area contributed by atoms with Gasteiger partial charge in [-0.2, -0.15) is 0 Å². The van der Waals surface area contributed by atoms with Crippen molar-refractivity contribution in [2.24, 2.45) is 16.2 Å². The van der Waals surface area contributed by atoms with Crippen LogP contribution in [0.2, 0.25) is 0 Å². The van der Waals surface area contributed by atoms with E-state index in [-0.39, 0.29) is 5.84 Å². The molecule has 0 fully saturated rings. The highest BCUT2D eigenvalue weighted by Crippen LogP contribution is 2.24. The summed E-state index contributed by atoms with van der Waals surface area (Å²) in [5, 5.41) is 14.5. The number of aldehydes is 1. The highest BCUT2D eigenvalue weighted by atomic mass is 16.1. The van der Waals surface area contributed by atoms with Crippen molar-refractivity contribution in [2.75, 3.05) is 0 Å². The van der Waals surface area contributed by atoms with E-state index in [1.165, 1.54) is 0 Å². The first-order valence-corrected chi connectivity index (χ1v) is 5.60. The van der Waals surface area contributed by atoms with Crippen molar-refractivity contribution in [3.63, 3.8) is 0 Å². The molecule has 0 saturated carbocycles. The van der Waals surface area contributed by atoms with E-state index in [0.717, 1.165) is 17.4 Å². The molecule has 5 heteroatoms. The third-order valence-corrected chi connectivity index (χ3v) is 2.70. The number of nitrogens with zero attached hydrogens (tertiary/aromatic N) is 2. The number of carbonyl (C=O) groups excluding carboxylic acids is 1. The molecule has 5 nitrogen and oxygen atoms in total. The van der Waals surface area contributed by atoms with Crippen LogP contribution >= 0.6 is 0 Å². The third-order valence-electron chi connectivity index (χ3n) is 2.70. The Balaban J connectivity index is 2.49. The van der Waals surface area contributed by atoms with E-state index < -0.39 is 0 Å². The zero-order valence-electron chi connectivity index (χ0n) is 10.1. The van der Waals surface area contributed by atoms with Gasteiger partial charge < -0.3 is 5.84 Å². The molecule has 0 aliphatic heterocycles. The van der Waals surface area contributed by atoms with Crippen LogP contribution in [0.25, 0.3) is 11.1 Å². The summed E-state index contributed by atoms with van der Waals surface area (Å²) < 4.78 is 0. The van der Waals surface area contributed by atoms with Gasteiger partial charge >= 0.3 is 0 Å². The summed E-state index contributed by atoms with van der Waals surface area (Å²) in [5.41, 5.74) is 2.99. The van der Waals surface area contributed by atoms with Crippen molar-refractivity contribution >= 4 is 12.1 Å². The van der Waals surface area contributed by atoms with Crippen LogP contribution in [0.4, 0.5) is 0 Å². The average molecular weight is 252 g/mol. The first-order valence-electron chi connectivity index (χ1n) is 5.60. The Morgan fingerprint density at radius 1 is 1.11 bits per heavy atom. The van der Waals surface area contributed by atoms with Gasteiger partial charge in [0.05, 0.1) is 0 Å². The second-order valence-electron chi connectivity index (χ2n) is 3.85. The van der Waals surface area contributed by atoms with Gasteiger partial charge in [0.2, 0.25) is 0 Å². The average Bonchev–Trinajstić information content (AvgIpc) is 2.47. The predicted molar refractivity (Wildman–Crippen MR) is 73.1 cm³/mol. The molecule has 0 spiro atoms. The van der Waals surface area contributed by atoms with E-state index in [0.29, 0.717) is 11.1 Å². The number of rotatable bonds is 3. The molecule has 0 heterocycles. The molecule has 0 atom stereocenters. The second-order valence-corrected chi connectivity index (χ2v) is 3.85. The molecule has 2 rings (SSSR count). The van der Waals surface area contributed by atoms with Crippen LogP contribution in [0.5, 0.6) is 0 Å². The Morgan fingerprint density at radius 3 is 2.42 bits per heavy atom. The summed E-state index contributed by atoms with van der Waals surface area (Å²) in [6, 6.07) is 14.5. The van der Waals surface area contributed by atoms with Gasteiger partial charge in [-0.1, -0.05) is 53.8 Å². The maximum Gasteiger partial charge on any atom is 0.176 e. The van der Waals surface area contributed by atoms with Gasteiger partial charge in [-0.15, -0.1) is 5.11 Å². The lowest BCUT2D eigenvalue weighted by Crippen LogP contribution is -1.98. The Bertz CT molecular complexity index is 632. The van der Waals surface area contributed by atoms with Crippen molar-refractivity contribution in [2.45, 2.75) is 0 Å². The van der Waals surface area contributed by atoms with Crippen LogP contribution in [0.3, 0.4) is 0 Å². The van der Waals surface area contributed by atoms with E-state index in [9.17, 15) is 4.79 Å². The maximum atomic E-state index is 10.6. The van der Waals surface area contributed by atoms with Crippen LogP contribution in [0.1, 0.15) is 15.9 Å². The minimum absolute atomic E-state index is 0.00226. The van der Waals surface area contributed by atoms with Gasteiger partial charge in [0.1, 0.15) is 6.29 Å². The lowest BCUT2D eigenvalue weighted by Gasteiger charge is -2.07. The fourth-order valence-electron chi connectivity index (χ4n) is 1.79.